The Morgan fingerprint density at radius 2 is 1.84 bits per heavy atom. The molecule has 0 saturated carbocycles. The largest absolute Gasteiger partial charge is 0.489 e. The van der Waals surface area contributed by atoms with Crippen molar-refractivity contribution in [1.29, 1.82) is 0 Å². The normalized spacial score (nSPS) is 15.3. The number of carbonyl (C=O) groups is 1. The van der Waals surface area contributed by atoms with E-state index in [0.29, 0.717) is 23.1 Å². The van der Waals surface area contributed by atoms with E-state index in [1.165, 1.54) is 17.3 Å². The van der Waals surface area contributed by atoms with Crippen LogP contribution < -0.4 is 15.6 Å². The molecule has 4 rings (SSSR count). The lowest BCUT2D eigenvalue weighted by atomic mass is 9.87. The van der Waals surface area contributed by atoms with Crippen LogP contribution in [0.3, 0.4) is 0 Å². The third-order valence-electron chi connectivity index (χ3n) is 5.38. The summed E-state index contributed by atoms with van der Waals surface area (Å²) in [6, 6.07) is 15.8. The minimum Gasteiger partial charge on any atom is -0.489 e. The Balaban J connectivity index is 1.59. The standard InChI is InChI=1S/C24H25N3O3S/c1-4-31-24-26-23(29)21-19(13-20(28)25-22(21)27(24)3)17-9-11-18(12-10-17)30-14-16-7-5-15(2)6-8-16/h5-12,19H,4,13-14H2,1-3H3,(H,25,28). The highest BCUT2D eigenvalue weighted by Gasteiger charge is 2.32. The second-order valence-electron chi connectivity index (χ2n) is 7.60. The summed E-state index contributed by atoms with van der Waals surface area (Å²) in [6.07, 6.45) is 0.216. The number of carbonyl (C=O) groups excluding carboxylic acids is 1. The van der Waals surface area contributed by atoms with E-state index in [1.54, 1.807) is 4.57 Å². The van der Waals surface area contributed by atoms with Crippen LogP contribution in [0.1, 0.15) is 41.5 Å². The van der Waals surface area contributed by atoms with Gasteiger partial charge < -0.3 is 14.6 Å². The summed E-state index contributed by atoms with van der Waals surface area (Å²) < 4.78 is 7.69. The summed E-state index contributed by atoms with van der Waals surface area (Å²) >= 11 is 1.48. The van der Waals surface area contributed by atoms with Crippen LogP contribution in [0.5, 0.6) is 5.75 Å². The highest BCUT2D eigenvalue weighted by molar-refractivity contribution is 7.99. The molecule has 0 saturated heterocycles. The zero-order valence-corrected chi connectivity index (χ0v) is 18.7. The van der Waals surface area contributed by atoms with Crippen molar-refractivity contribution < 1.29 is 9.53 Å². The van der Waals surface area contributed by atoms with E-state index in [4.69, 9.17) is 4.74 Å². The SMILES string of the molecule is CCSc1nc(=O)c2c(n1C)NC(=O)CC2c1ccc(OCc2ccc(C)cc2)cc1. The fraction of sp³-hybridized carbons (Fsp3) is 0.292. The summed E-state index contributed by atoms with van der Waals surface area (Å²) in [4.78, 5) is 29.5. The van der Waals surface area contributed by atoms with Gasteiger partial charge in [-0.3, -0.25) is 9.59 Å². The van der Waals surface area contributed by atoms with Crippen LogP contribution in [0, 0.1) is 6.92 Å². The lowest BCUT2D eigenvalue weighted by Crippen LogP contribution is -2.33. The Labute approximate surface area is 185 Å². The molecule has 0 radical (unpaired) electrons. The molecule has 1 atom stereocenters. The topological polar surface area (TPSA) is 73.2 Å². The number of hydrogen-bond donors (Lipinski definition) is 1. The zero-order valence-electron chi connectivity index (χ0n) is 17.8. The average Bonchev–Trinajstić information content (AvgIpc) is 2.77. The number of ether oxygens (including phenoxy) is 1. The van der Waals surface area contributed by atoms with E-state index in [-0.39, 0.29) is 23.8 Å². The molecule has 0 spiro atoms. The summed E-state index contributed by atoms with van der Waals surface area (Å²) in [5, 5.41) is 3.47. The number of nitrogens with zero attached hydrogens (tertiary/aromatic N) is 2. The van der Waals surface area contributed by atoms with Crippen molar-refractivity contribution in [3.05, 3.63) is 81.1 Å². The number of nitrogens with one attached hydrogen (secondary N) is 1. The molecule has 0 aliphatic carbocycles. The summed E-state index contributed by atoms with van der Waals surface area (Å²) in [5.74, 6) is 1.63. The van der Waals surface area contributed by atoms with Gasteiger partial charge in [-0.1, -0.05) is 60.6 Å². The van der Waals surface area contributed by atoms with Crippen molar-refractivity contribution in [3.8, 4) is 5.75 Å². The molecule has 2 aromatic carbocycles. The molecule has 0 fully saturated rings. The Kier molecular flexibility index (Phi) is 6.13. The van der Waals surface area contributed by atoms with Gasteiger partial charge in [-0.05, 0) is 35.9 Å². The first-order valence-corrected chi connectivity index (χ1v) is 11.3. The number of benzene rings is 2. The maximum absolute atomic E-state index is 12.8. The Hall–Kier alpha value is -3.06. The van der Waals surface area contributed by atoms with E-state index >= 15 is 0 Å². The predicted octanol–water partition coefficient (Wildman–Crippen LogP) is 4.25. The minimum absolute atomic E-state index is 0.106. The van der Waals surface area contributed by atoms with Crippen LogP contribution in [0.2, 0.25) is 0 Å². The van der Waals surface area contributed by atoms with Crippen molar-refractivity contribution in [3.63, 3.8) is 0 Å². The third kappa shape index (κ3) is 4.51. The first-order valence-electron chi connectivity index (χ1n) is 10.3. The molecule has 6 nitrogen and oxygen atoms in total. The second kappa shape index (κ2) is 8.98. The Morgan fingerprint density at radius 3 is 2.52 bits per heavy atom. The molecule has 1 aliphatic rings. The van der Waals surface area contributed by atoms with Crippen LogP contribution in [-0.4, -0.2) is 21.2 Å². The van der Waals surface area contributed by atoms with Gasteiger partial charge in [0.2, 0.25) is 5.91 Å². The molecule has 160 valence electrons. The number of fused-ring (bicyclic) bond motifs is 1. The first kappa shape index (κ1) is 21.2. The highest BCUT2D eigenvalue weighted by atomic mass is 32.2. The quantitative estimate of drug-likeness (QED) is 0.463. The van der Waals surface area contributed by atoms with Gasteiger partial charge in [0.25, 0.3) is 5.56 Å². The minimum atomic E-state index is -0.332. The maximum atomic E-state index is 12.8. The first-order chi connectivity index (χ1) is 15.0. The molecule has 3 aromatic rings. The summed E-state index contributed by atoms with van der Waals surface area (Å²) in [7, 11) is 1.83. The molecule has 1 aliphatic heterocycles. The number of rotatable bonds is 6. The van der Waals surface area contributed by atoms with Crippen LogP contribution in [0.15, 0.2) is 58.5 Å². The smallest absolute Gasteiger partial charge is 0.279 e. The molecule has 7 heteroatoms. The fourth-order valence-electron chi connectivity index (χ4n) is 3.73. The van der Waals surface area contributed by atoms with E-state index in [2.05, 4.69) is 41.5 Å². The van der Waals surface area contributed by atoms with E-state index in [9.17, 15) is 9.59 Å². The number of thioether (sulfide) groups is 1. The number of amides is 1. The van der Waals surface area contributed by atoms with Gasteiger partial charge >= 0.3 is 0 Å². The van der Waals surface area contributed by atoms with Crippen molar-refractivity contribution in [1.82, 2.24) is 9.55 Å². The van der Waals surface area contributed by atoms with Crippen LogP contribution in [0.4, 0.5) is 5.82 Å². The van der Waals surface area contributed by atoms with Gasteiger partial charge in [0.1, 0.15) is 18.2 Å². The molecular formula is C24H25N3O3S. The zero-order chi connectivity index (χ0) is 22.0. The monoisotopic (exact) mass is 435 g/mol. The lowest BCUT2D eigenvalue weighted by Gasteiger charge is -2.27. The molecule has 1 aromatic heterocycles. The van der Waals surface area contributed by atoms with Gasteiger partial charge in [0.15, 0.2) is 5.16 Å². The van der Waals surface area contributed by atoms with Crippen LogP contribution in [-0.2, 0) is 18.4 Å². The predicted molar refractivity (Wildman–Crippen MR) is 123 cm³/mol. The van der Waals surface area contributed by atoms with Crippen molar-refractivity contribution in [2.24, 2.45) is 7.05 Å². The molecule has 2 heterocycles. The maximum Gasteiger partial charge on any atom is 0.279 e. The third-order valence-corrected chi connectivity index (χ3v) is 6.29. The van der Waals surface area contributed by atoms with E-state index < -0.39 is 0 Å². The molecule has 31 heavy (non-hydrogen) atoms. The number of aryl methyl sites for hydroxylation is 1. The molecule has 1 amide bonds. The van der Waals surface area contributed by atoms with E-state index in [1.807, 2.05) is 38.2 Å². The lowest BCUT2D eigenvalue weighted by molar-refractivity contribution is -0.116. The highest BCUT2D eigenvalue weighted by Crippen LogP contribution is 2.36. The number of hydrogen-bond acceptors (Lipinski definition) is 5. The number of aromatic nitrogens is 2. The van der Waals surface area contributed by atoms with Crippen LogP contribution >= 0.6 is 11.8 Å². The van der Waals surface area contributed by atoms with E-state index in [0.717, 1.165) is 22.6 Å². The van der Waals surface area contributed by atoms with Crippen molar-refractivity contribution in [2.45, 2.75) is 37.9 Å². The molecule has 0 bridgehead atoms. The molecule has 1 unspecified atom stereocenters. The summed E-state index contributed by atoms with van der Waals surface area (Å²) in [5.41, 5.74) is 3.46. The second-order valence-corrected chi connectivity index (χ2v) is 8.83. The van der Waals surface area contributed by atoms with Gasteiger partial charge in [0.05, 0.1) is 5.56 Å². The van der Waals surface area contributed by atoms with Crippen molar-refractivity contribution >= 4 is 23.5 Å². The fourth-order valence-corrected chi connectivity index (χ4v) is 4.42. The summed E-state index contributed by atoms with van der Waals surface area (Å²) in [6.45, 7) is 4.54. The van der Waals surface area contributed by atoms with Gasteiger partial charge in [-0.2, -0.15) is 4.98 Å². The molecular weight excluding hydrogens is 410 g/mol. The average molecular weight is 436 g/mol. The number of anilines is 1. The van der Waals surface area contributed by atoms with Gasteiger partial charge in [-0.15, -0.1) is 0 Å². The van der Waals surface area contributed by atoms with Gasteiger partial charge in [0, 0.05) is 19.4 Å². The Morgan fingerprint density at radius 1 is 1.13 bits per heavy atom. The molecule has 1 N–H and O–H groups in total. The Bertz CT molecular complexity index is 1150. The van der Waals surface area contributed by atoms with Crippen LogP contribution in [0.25, 0.3) is 0 Å². The van der Waals surface area contributed by atoms with Gasteiger partial charge in [-0.25, -0.2) is 0 Å². The van der Waals surface area contributed by atoms with Crippen molar-refractivity contribution in [2.75, 3.05) is 11.1 Å².